The average molecular weight is 236 g/mol. The molecule has 1 aromatic carbocycles. The van der Waals surface area contributed by atoms with E-state index in [1.165, 1.54) is 0 Å². The van der Waals surface area contributed by atoms with Crippen LogP contribution in [0.1, 0.15) is 38.0 Å². The van der Waals surface area contributed by atoms with Gasteiger partial charge in [0.05, 0.1) is 24.1 Å². The third-order valence-corrected chi connectivity index (χ3v) is 1.97. The number of hydrogen-bond acceptors (Lipinski definition) is 6. The van der Waals surface area contributed by atoms with E-state index in [0.717, 1.165) is 18.2 Å². The number of ether oxygens (including phenoxy) is 1. The van der Waals surface area contributed by atoms with E-state index in [1.54, 1.807) is 6.92 Å². The maximum Gasteiger partial charge on any atom is 0.338 e. The van der Waals surface area contributed by atoms with Crippen molar-refractivity contribution in [2.24, 2.45) is 0 Å². The molecule has 0 aliphatic rings. The van der Waals surface area contributed by atoms with Crippen LogP contribution < -0.4 is 10.2 Å². The molecule has 0 atom stereocenters. The van der Waals surface area contributed by atoms with Crippen LogP contribution in [-0.4, -0.2) is 24.5 Å². The summed E-state index contributed by atoms with van der Waals surface area (Å²) in [6.45, 7) is 1.64. The smallest absolute Gasteiger partial charge is 0.338 e. The molecular formula is C11H8O6-2. The van der Waals surface area contributed by atoms with Gasteiger partial charge in [-0.15, -0.1) is 0 Å². The van der Waals surface area contributed by atoms with Gasteiger partial charge in [-0.3, -0.25) is 0 Å². The Hall–Kier alpha value is -2.37. The van der Waals surface area contributed by atoms with Crippen LogP contribution in [0.25, 0.3) is 0 Å². The molecule has 0 N–H and O–H groups in total. The van der Waals surface area contributed by atoms with Gasteiger partial charge in [0.1, 0.15) is 0 Å². The Kier molecular flexibility index (Phi) is 3.82. The van der Waals surface area contributed by atoms with Crippen LogP contribution >= 0.6 is 0 Å². The zero-order chi connectivity index (χ0) is 13.0. The first-order valence-corrected chi connectivity index (χ1v) is 4.71. The third-order valence-electron chi connectivity index (χ3n) is 1.97. The minimum Gasteiger partial charge on any atom is -0.545 e. The molecule has 90 valence electrons. The lowest BCUT2D eigenvalue weighted by Crippen LogP contribution is -2.28. The van der Waals surface area contributed by atoms with Crippen LogP contribution in [-0.2, 0) is 4.74 Å². The fourth-order valence-corrected chi connectivity index (χ4v) is 1.23. The molecule has 0 fully saturated rings. The molecule has 0 radical (unpaired) electrons. The van der Waals surface area contributed by atoms with Crippen molar-refractivity contribution >= 4 is 17.9 Å². The first kappa shape index (κ1) is 12.7. The van der Waals surface area contributed by atoms with Crippen molar-refractivity contribution in [3.63, 3.8) is 0 Å². The molecule has 0 spiro atoms. The predicted octanol–water partition coefficient (Wildman–Crippen LogP) is -1.41. The van der Waals surface area contributed by atoms with Crippen molar-refractivity contribution in [3.05, 3.63) is 34.9 Å². The molecule has 0 bridgehead atoms. The van der Waals surface area contributed by atoms with Gasteiger partial charge in [0, 0.05) is 5.56 Å². The molecule has 0 aliphatic carbocycles. The van der Waals surface area contributed by atoms with Gasteiger partial charge in [-0.1, -0.05) is 6.07 Å². The number of hydrogen-bond donors (Lipinski definition) is 0. The Labute approximate surface area is 96.4 Å². The zero-order valence-electron chi connectivity index (χ0n) is 8.89. The van der Waals surface area contributed by atoms with Crippen LogP contribution in [0.4, 0.5) is 0 Å². The number of carboxylic acid groups (broad SMARTS) is 2. The van der Waals surface area contributed by atoms with Gasteiger partial charge in [-0.2, -0.15) is 0 Å². The van der Waals surface area contributed by atoms with Crippen LogP contribution in [0, 0.1) is 0 Å². The fourth-order valence-electron chi connectivity index (χ4n) is 1.23. The van der Waals surface area contributed by atoms with Crippen molar-refractivity contribution in [3.8, 4) is 0 Å². The van der Waals surface area contributed by atoms with E-state index in [-0.39, 0.29) is 17.7 Å². The Morgan fingerprint density at radius 3 is 2.24 bits per heavy atom. The van der Waals surface area contributed by atoms with Gasteiger partial charge in [0.15, 0.2) is 0 Å². The molecule has 6 nitrogen and oxygen atoms in total. The van der Waals surface area contributed by atoms with Crippen molar-refractivity contribution in [2.75, 3.05) is 6.61 Å². The van der Waals surface area contributed by atoms with E-state index in [2.05, 4.69) is 4.74 Å². The number of aromatic carboxylic acids is 2. The summed E-state index contributed by atoms with van der Waals surface area (Å²) < 4.78 is 4.63. The second-order valence-corrected chi connectivity index (χ2v) is 3.06. The summed E-state index contributed by atoms with van der Waals surface area (Å²) in [7, 11) is 0. The van der Waals surface area contributed by atoms with Crippen LogP contribution in [0.15, 0.2) is 18.2 Å². The summed E-state index contributed by atoms with van der Waals surface area (Å²) in [6, 6.07) is 2.92. The molecule has 0 aliphatic heterocycles. The normalized spacial score (nSPS) is 9.71. The van der Waals surface area contributed by atoms with E-state index in [9.17, 15) is 24.6 Å². The van der Waals surface area contributed by atoms with Gasteiger partial charge < -0.3 is 24.5 Å². The van der Waals surface area contributed by atoms with Gasteiger partial charge in [0.25, 0.3) is 0 Å². The van der Waals surface area contributed by atoms with E-state index < -0.39 is 23.5 Å². The molecule has 1 rings (SSSR count). The second-order valence-electron chi connectivity index (χ2n) is 3.06. The first-order chi connectivity index (χ1) is 7.97. The largest absolute Gasteiger partial charge is 0.545 e. The summed E-state index contributed by atoms with van der Waals surface area (Å²) in [5.41, 5.74) is -1.14. The number of esters is 1. The summed E-state index contributed by atoms with van der Waals surface area (Å²) in [4.78, 5) is 32.7. The summed E-state index contributed by atoms with van der Waals surface area (Å²) >= 11 is 0. The molecule has 17 heavy (non-hydrogen) atoms. The lowest BCUT2D eigenvalue weighted by molar-refractivity contribution is -0.255. The Balaban J connectivity index is 3.27. The summed E-state index contributed by atoms with van der Waals surface area (Å²) in [6.07, 6.45) is 0. The van der Waals surface area contributed by atoms with E-state index in [0.29, 0.717) is 0 Å². The lowest BCUT2D eigenvalue weighted by Gasteiger charge is -2.12. The second kappa shape index (κ2) is 5.11. The minimum absolute atomic E-state index is 0.0769. The highest BCUT2D eigenvalue weighted by molar-refractivity contribution is 6.03. The van der Waals surface area contributed by atoms with Crippen molar-refractivity contribution in [1.82, 2.24) is 0 Å². The maximum absolute atomic E-state index is 11.4. The van der Waals surface area contributed by atoms with Crippen molar-refractivity contribution in [1.29, 1.82) is 0 Å². The molecule has 0 amide bonds. The molecule has 0 saturated carbocycles. The number of benzene rings is 1. The lowest BCUT2D eigenvalue weighted by atomic mass is 10.0. The van der Waals surface area contributed by atoms with Crippen molar-refractivity contribution < 1.29 is 29.3 Å². The number of carbonyl (C=O) groups is 3. The van der Waals surface area contributed by atoms with Gasteiger partial charge >= 0.3 is 5.97 Å². The van der Waals surface area contributed by atoms with E-state index in [1.807, 2.05) is 0 Å². The maximum atomic E-state index is 11.4. The first-order valence-electron chi connectivity index (χ1n) is 4.71. The number of carboxylic acids is 2. The molecular weight excluding hydrogens is 228 g/mol. The minimum atomic E-state index is -1.66. The SMILES string of the molecule is CCOC(=O)c1ccc(C(=O)[O-])cc1C(=O)[O-]. The third kappa shape index (κ3) is 2.81. The topological polar surface area (TPSA) is 107 Å². The summed E-state index contributed by atoms with van der Waals surface area (Å²) in [5, 5.41) is 21.3. The predicted molar refractivity (Wildman–Crippen MR) is 51.1 cm³/mol. The fraction of sp³-hybridized carbons (Fsp3) is 0.182. The molecule has 0 aromatic heterocycles. The Morgan fingerprint density at radius 1 is 1.12 bits per heavy atom. The number of carbonyl (C=O) groups excluding carboxylic acids is 3. The van der Waals surface area contributed by atoms with E-state index >= 15 is 0 Å². The van der Waals surface area contributed by atoms with Crippen LogP contribution in [0.5, 0.6) is 0 Å². The monoisotopic (exact) mass is 236 g/mol. The molecule has 6 heteroatoms. The average Bonchev–Trinajstić information content (AvgIpc) is 2.28. The Bertz CT molecular complexity index is 477. The van der Waals surface area contributed by atoms with Gasteiger partial charge in [-0.05, 0) is 24.6 Å². The van der Waals surface area contributed by atoms with Crippen molar-refractivity contribution in [2.45, 2.75) is 6.92 Å². The quantitative estimate of drug-likeness (QED) is 0.594. The number of rotatable bonds is 4. The Morgan fingerprint density at radius 2 is 1.76 bits per heavy atom. The van der Waals surface area contributed by atoms with E-state index in [4.69, 9.17) is 0 Å². The molecule has 0 saturated heterocycles. The molecule has 1 aromatic rings. The highest BCUT2D eigenvalue weighted by Gasteiger charge is 2.14. The summed E-state index contributed by atoms with van der Waals surface area (Å²) in [5.74, 6) is -4.05. The molecule has 0 unspecified atom stereocenters. The zero-order valence-corrected chi connectivity index (χ0v) is 8.89. The molecule has 0 heterocycles. The van der Waals surface area contributed by atoms with Crippen LogP contribution in [0.2, 0.25) is 0 Å². The van der Waals surface area contributed by atoms with Gasteiger partial charge in [-0.25, -0.2) is 4.79 Å². The highest BCUT2D eigenvalue weighted by atomic mass is 16.5. The van der Waals surface area contributed by atoms with Gasteiger partial charge in [0.2, 0.25) is 0 Å². The standard InChI is InChI=1S/C11H10O6/c1-2-17-11(16)7-4-3-6(9(12)13)5-8(7)10(14)15/h3-5H,2H2,1H3,(H,12,13)(H,14,15)/p-2. The van der Waals surface area contributed by atoms with Crippen LogP contribution in [0.3, 0.4) is 0 Å². The highest BCUT2D eigenvalue weighted by Crippen LogP contribution is 2.12.